The fourth-order valence-corrected chi connectivity index (χ4v) is 4.06. The minimum absolute atomic E-state index is 0.0872. The van der Waals surface area contributed by atoms with Gasteiger partial charge in [0.1, 0.15) is 23.3 Å². The second kappa shape index (κ2) is 8.76. The summed E-state index contributed by atoms with van der Waals surface area (Å²) in [6.07, 6.45) is 4.04. The van der Waals surface area contributed by atoms with Crippen molar-refractivity contribution < 1.29 is 9.18 Å². The second-order valence-corrected chi connectivity index (χ2v) is 7.85. The molecule has 0 saturated carbocycles. The van der Waals surface area contributed by atoms with E-state index in [0.717, 1.165) is 49.2 Å². The molecule has 7 heteroatoms. The van der Waals surface area contributed by atoms with Crippen molar-refractivity contribution in [1.82, 2.24) is 14.9 Å². The maximum atomic E-state index is 13.0. The molecule has 2 aliphatic heterocycles. The molecule has 1 aromatic carbocycles. The van der Waals surface area contributed by atoms with Crippen LogP contribution in [0.1, 0.15) is 30.7 Å². The number of aromatic nitrogens is 2. The van der Waals surface area contributed by atoms with E-state index >= 15 is 0 Å². The van der Waals surface area contributed by atoms with E-state index in [2.05, 4.69) is 25.8 Å². The zero-order valence-corrected chi connectivity index (χ0v) is 17.0. The predicted octanol–water partition coefficient (Wildman–Crippen LogP) is 2.81. The summed E-state index contributed by atoms with van der Waals surface area (Å²) in [5.41, 5.74) is 0.844. The monoisotopic (exact) mass is 397 g/mol. The molecule has 0 aliphatic carbocycles. The molecule has 0 atom stereocenters. The number of hydrogen-bond acceptors (Lipinski definition) is 5. The quantitative estimate of drug-likeness (QED) is 0.794. The van der Waals surface area contributed by atoms with Crippen molar-refractivity contribution in [2.24, 2.45) is 0 Å². The standard InChI is InChI=1S/C22H28FN5O/c1-17-24-20(26-9-3-2-4-10-26)16-21(25-17)27-11-13-28(14-12-27)22(29)15-18-5-7-19(23)8-6-18/h5-8,16H,2-4,9-15H2,1H3. The van der Waals surface area contributed by atoms with Gasteiger partial charge in [0.2, 0.25) is 5.91 Å². The van der Waals surface area contributed by atoms with E-state index in [1.54, 1.807) is 12.1 Å². The summed E-state index contributed by atoms with van der Waals surface area (Å²) in [5, 5.41) is 0. The van der Waals surface area contributed by atoms with Gasteiger partial charge in [0.25, 0.3) is 0 Å². The molecule has 1 aromatic heterocycles. The Bertz CT molecular complexity index is 843. The molecular weight excluding hydrogens is 369 g/mol. The Morgan fingerprint density at radius 1 is 0.897 bits per heavy atom. The van der Waals surface area contributed by atoms with Gasteiger partial charge in [-0.15, -0.1) is 0 Å². The van der Waals surface area contributed by atoms with Crippen LogP contribution in [0.5, 0.6) is 0 Å². The van der Waals surface area contributed by atoms with Crippen molar-refractivity contribution >= 4 is 17.5 Å². The molecular formula is C22H28FN5O. The number of benzene rings is 1. The molecule has 2 aliphatic rings. The summed E-state index contributed by atoms with van der Waals surface area (Å²) >= 11 is 0. The summed E-state index contributed by atoms with van der Waals surface area (Å²) in [4.78, 5) is 28.4. The molecule has 0 spiro atoms. The van der Waals surface area contributed by atoms with Crippen LogP contribution in [0.2, 0.25) is 0 Å². The lowest BCUT2D eigenvalue weighted by Gasteiger charge is -2.36. The lowest BCUT2D eigenvalue weighted by Crippen LogP contribution is -2.49. The number of aryl methyl sites for hydroxylation is 1. The van der Waals surface area contributed by atoms with Crippen molar-refractivity contribution in [2.75, 3.05) is 49.1 Å². The third kappa shape index (κ3) is 4.83. The highest BCUT2D eigenvalue weighted by atomic mass is 19.1. The van der Waals surface area contributed by atoms with Crippen LogP contribution in [-0.4, -0.2) is 60.0 Å². The smallest absolute Gasteiger partial charge is 0.227 e. The number of halogens is 1. The first kappa shape index (κ1) is 19.6. The van der Waals surface area contributed by atoms with Crippen LogP contribution < -0.4 is 9.80 Å². The molecule has 3 heterocycles. The minimum Gasteiger partial charge on any atom is -0.356 e. The molecule has 0 bridgehead atoms. The summed E-state index contributed by atoms with van der Waals surface area (Å²) < 4.78 is 13.0. The highest BCUT2D eigenvalue weighted by molar-refractivity contribution is 5.79. The average Bonchev–Trinajstić information content (AvgIpc) is 2.75. The molecule has 0 N–H and O–H groups in total. The van der Waals surface area contributed by atoms with E-state index in [-0.39, 0.29) is 11.7 Å². The Labute approximate surface area is 171 Å². The van der Waals surface area contributed by atoms with Gasteiger partial charge in [-0.05, 0) is 43.9 Å². The van der Waals surface area contributed by atoms with Gasteiger partial charge < -0.3 is 14.7 Å². The van der Waals surface area contributed by atoms with Crippen molar-refractivity contribution in [3.05, 3.63) is 47.5 Å². The molecule has 1 amide bonds. The number of hydrogen-bond donors (Lipinski definition) is 0. The van der Waals surface area contributed by atoms with E-state index in [9.17, 15) is 9.18 Å². The highest BCUT2D eigenvalue weighted by Gasteiger charge is 2.23. The Balaban J connectivity index is 1.37. The number of carbonyl (C=O) groups is 1. The van der Waals surface area contributed by atoms with E-state index < -0.39 is 0 Å². The molecule has 0 unspecified atom stereocenters. The molecule has 0 radical (unpaired) electrons. The van der Waals surface area contributed by atoms with Crippen LogP contribution in [0.3, 0.4) is 0 Å². The van der Waals surface area contributed by atoms with Gasteiger partial charge in [0.05, 0.1) is 6.42 Å². The largest absolute Gasteiger partial charge is 0.356 e. The Hall–Kier alpha value is -2.70. The fraction of sp³-hybridized carbons (Fsp3) is 0.500. The second-order valence-electron chi connectivity index (χ2n) is 7.85. The number of anilines is 2. The van der Waals surface area contributed by atoms with Crippen LogP contribution in [0.15, 0.2) is 30.3 Å². The van der Waals surface area contributed by atoms with Crippen LogP contribution in [-0.2, 0) is 11.2 Å². The van der Waals surface area contributed by atoms with Crippen LogP contribution >= 0.6 is 0 Å². The Morgan fingerprint density at radius 3 is 2.10 bits per heavy atom. The molecule has 154 valence electrons. The van der Waals surface area contributed by atoms with E-state index in [1.165, 1.54) is 31.4 Å². The first-order chi connectivity index (χ1) is 14.1. The molecule has 2 saturated heterocycles. The lowest BCUT2D eigenvalue weighted by atomic mass is 10.1. The third-order valence-corrected chi connectivity index (χ3v) is 5.72. The van der Waals surface area contributed by atoms with Crippen molar-refractivity contribution in [2.45, 2.75) is 32.6 Å². The van der Waals surface area contributed by atoms with E-state index in [4.69, 9.17) is 0 Å². The molecule has 2 fully saturated rings. The van der Waals surface area contributed by atoms with Gasteiger partial charge >= 0.3 is 0 Å². The fourth-order valence-electron chi connectivity index (χ4n) is 4.06. The molecule has 6 nitrogen and oxygen atoms in total. The zero-order chi connectivity index (χ0) is 20.2. The van der Waals surface area contributed by atoms with Gasteiger partial charge in [-0.2, -0.15) is 0 Å². The minimum atomic E-state index is -0.279. The first-order valence-corrected chi connectivity index (χ1v) is 10.5. The SMILES string of the molecule is Cc1nc(N2CCCCC2)cc(N2CCN(C(=O)Cc3ccc(F)cc3)CC2)n1. The number of carbonyl (C=O) groups excluding carboxylic acids is 1. The average molecular weight is 397 g/mol. The number of rotatable bonds is 4. The predicted molar refractivity (Wildman–Crippen MR) is 112 cm³/mol. The first-order valence-electron chi connectivity index (χ1n) is 10.5. The zero-order valence-electron chi connectivity index (χ0n) is 17.0. The highest BCUT2D eigenvalue weighted by Crippen LogP contribution is 2.23. The lowest BCUT2D eigenvalue weighted by molar-refractivity contribution is -0.130. The van der Waals surface area contributed by atoms with Crippen LogP contribution in [0.25, 0.3) is 0 Å². The number of amides is 1. The van der Waals surface area contributed by atoms with Gasteiger partial charge in [-0.3, -0.25) is 4.79 Å². The topological polar surface area (TPSA) is 52.6 Å². The Morgan fingerprint density at radius 2 is 1.48 bits per heavy atom. The number of piperidine rings is 1. The number of piperazine rings is 1. The van der Waals surface area contributed by atoms with Crippen molar-refractivity contribution in [3.8, 4) is 0 Å². The van der Waals surface area contributed by atoms with Crippen molar-refractivity contribution in [1.29, 1.82) is 0 Å². The van der Waals surface area contributed by atoms with Gasteiger partial charge in [0, 0.05) is 45.3 Å². The van der Waals surface area contributed by atoms with Crippen LogP contribution in [0, 0.1) is 12.7 Å². The van der Waals surface area contributed by atoms with Gasteiger partial charge in [-0.1, -0.05) is 12.1 Å². The molecule has 2 aromatic rings. The Kier molecular flexibility index (Phi) is 5.92. The summed E-state index contributed by atoms with van der Waals surface area (Å²) in [5.74, 6) is 2.56. The van der Waals surface area contributed by atoms with E-state index in [0.29, 0.717) is 19.5 Å². The maximum absolute atomic E-state index is 13.0. The summed E-state index contributed by atoms with van der Waals surface area (Å²) in [6.45, 7) is 6.91. The summed E-state index contributed by atoms with van der Waals surface area (Å²) in [7, 11) is 0. The van der Waals surface area contributed by atoms with Crippen molar-refractivity contribution in [3.63, 3.8) is 0 Å². The van der Waals surface area contributed by atoms with E-state index in [1.807, 2.05) is 11.8 Å². The van der Waals surface area contributed by atoms with Crippen LogP contribution in [0.4, 0.5) is 16.0 Å². The van der Waals surface area contributed by atoms with Gasteiger partial charge in [0.15, 0.2) is 0 Å². The normalized spacial score (nSPS) is 17.5. The summed E-state index contributed by atoms with van der Waals surface area (Å²) in [6, 6.07) is 8.24. The third-order valence-electron chi connectivity index (χ3n) is 5.72. The molecule has 29 heavy (non-hydrogen) atoms. The number of nitrogens with zero attached hydrogens (tertiary/aromatic N) is 5. The van der Waals surface area contributed by atoms with Gasteiger partial charge in [-0.25, -0.2) is 14.4 Å². The maximum Gasteiger partial charge on any atom is 0.227 e. The molecule has 4 rings (SSSR count).